The van der Waals surface area contributed by atoms with Crippen LogP contribution in [0.15, 0.2) is 66.7 Å². The molecule has 0 unspecified atom stereocenters. The summed E-state index contributed by atoms with van der Waals surface area (Å²) in [5, 5.41) is 0.377. The molecule has 1 aliphatic heterocycles. The van der Waals surface area contributed by atoms with Crippen LogP contribution in [0, 0.1) is 0 Å². The molecule has 0 atom stereocenters. The summed E-state index contributed by atoms with van der Waals surface area (Å²) in [5.41, 5.74) is 4.21. The molecule has 0 N–H and O–H groups in total. The summed E-state index contributed by atoms with van der Waals surface area (Å²) in [5.74, 6) is 0.854. The second-order valence-corrected chi connectivity index (χ2v) is 7.32. The first kappa shape index (κ1) is 19.3. The Morgan fingerprint density at radius 2 is 1.90 bits per heavy atom. The third-order valence-corrected chi connectivity index (χ3v) is 5.23. The summed E-state index contributed by atoms with van der Waals surface area (Å²) >= 11 is 6.31. The van der Waals surface area contributed by atoms with Crippen molar-refractivity contribution < 1.29 is 14.3 Å². The minimum absolute atomic E-state index is 0.325. The normalized spacial score (nSPS) is 12.6. The van der Waals surface area contributed by atoms with E-state index < -0.39 is 5.97 Å². The van der Waals surface area contributed by atoms with E-state index in [1.165, 1.54) is 16.8 Å². The zero-order valence-corrected chi connectivity index (χ0v) is 17.0. The first-order chi connectivity index (χ1) is 14.1. The summed E-state index contributed by atoms with van der Waals surface area (Å²) in [6.45, 7) is 3.98. The third-order valence-electron chi connectivity index (χ3n) is 4.93. The fraction of sp³-hybridized carbons (Fsp3) is 0.208. The summed E-state index contributed by atoms with van der Waals surface area (Å²) in [7, 11) is 0. The van der Waals surface area contributed by atoms with E-state index in [1.807, 2.05) is 12.1 Å². The van der Waals surface area contributed by atoms with Crippen molar-refractivity contribution in [2.45, 2.75) is 19.9 Å². The van der Waals surface area contributed by atoms with Gasteiger partial charge in [-0.05, 0) is 60.9 Å². The second kappa shape index (κ2) is 8.58. The van der Waals surface area contributed by atoms with E-state index in [9.17, 15) is 4.79 Å². The molecule has 0 radical (unpaired) electrons. The molecule has 0 fully saturated rings. The topological polar surface area (TPSA) is 38.8 Å². The maximum Gasteiger partial charge on any atom is 0.338 e. The lowest BCUT2D eigenvalue weighted by atomic mass is 10.1. The number of fused-ring (bicyclic) bond motifs is 1. The predicted molar refractivity (Wildman–Crippen MR) is 115 cm³/mol. The number of carbonyl (C=O) groups excluding carboxylic acids is 1. The van der Waals surface area contributed by atoms with Crippen molar-refractivity contribution in [1.82, 2.24) is 0 Å². The quantitative estimate of drug-likeness (QED) is 0.479. The fourth-order valence-electron chi connectivity index (χ4n) is 3.53. The van der Waals surface area contributed by atoms with Gasteiger partial charge in [0, 0.05) is 18.8 Å². The zero-order chi connectivity index (χ0) is 20.2. The molecule has 0 saturated carbocycles. The first-order valence-electron chi connectivity index (χ1n) is 9.70. The van der Waals surface area contributed by atoms with E-state index in [-0.39, 0.29) is 0 Å². The number of hydrogen-bond donors (Lipinski definition) is 0. The van der Waals surface area contributed by atoms with Gasteiger partial charge in [0.2, 0.25) is 0 Å². The minimum atomic E-state index is -0.392. The molecule has 0 bridgehead atoms. The number of benzene rings is 3. The van der Waals surface area contributed by atoms with Gasteiger partial charge in [0.1, 0.15) is 11.5 Å². The number of anilines is 1. The van der Waals surface area contributed by atoms with Gasteiger partial charge < -0.3 is 14.4 Å². The number of ether oxygens (including phenoxy) is 2. The van der Waals surface area contributed by atoms with Gasteiger partial charge in [0.05, 0.1) is 17.2 Å². The summed E-state index contributed by atoms with van der Waals surface area (Å²) in [6, 6.07) is 21.5. The van der Waals surface area contributed by atoms with Crippen molar-refractivity contribution in [2.75, 3.05) is 18.1 Å². The van der Waals surface area contributed by atoms with Crippen molar-refractivity contribution in [3.8, 4) is 11.5 Å². The lowest BCUT2D eigenvalue weighted by Crippen LogP contribution is -2.19. The van der Waals surface area contributed by atoms with E-state index in [2.05, 4.69) is 41.3 Å². The van der Waals surface area contributed by atoms with E-state index >= 15 is 0 Å². The highest BCUT2D eigenvalue weighted by atomic mass is 35.5. The van der Waals surface area contributed by atoms with Gasteiger partial charge in [0.25, 0.3) is 0 Å². The molecule has 3 aromatic rings. The van der Waals surface area contributed by atoms with Crippen LogP contribution in [0.5, 0.6) is 11.5 Å². The van der Waals surface area contributed by atoms with Gasteiger partial charge >= 0.3 is 5.97 Å². The molecule has 4 rings (SSSR count). The van der Waals surface area contributed by atoms with Crippen LogP contribution in [0.3, 0.4) is 0 Å². The van der Waals surface area contributed by atoms with Gasteiger partial charge in [-0.25, -0.2) is 4.79 Å². The average molecular weight is 408 g/mol. The van der Waals surface area contributed by atoms with Gasteiger partial charge in [0.15, 0.2) is 0 Å². The highest BCUT2D eigenvalue weighted by Gasteiger charge is 2.20. The largest absolute Gasteiger partial charge is 0.462 e. The lowest BCUT2D eigenvalue weighted by molar-refractivity contribution is 0.0526. The molecule has 0 amide bonds. The van der Waals surface area contributed by atoms with Crippen LogP contribution >= 0.6 is 11.6 Å². The highest BCUT2D eigenvalue weighted by Crippen LogP contribution is 2.36. The Labute approximate surface area is 175 Å². The summed E-state index contributed by atoms with van der Waals surface area (Å²) in [6.07, 6.45) is 0.981. The Bertz CT molecular complexity index is 1020. The molecular weight excluding hydrogens is 386 g/mol. The molecule has 3 aromatic carbocycles. The molecule has 0 saturated heterocycles. The molecule has 29 heavy (non-hydrogen) atoms. The van der Waals surface area contributed by atoms with Crippen LogP contribution in [0.2, 0.25) is 5.02 Å². The van der Waals surface area contributed by atoms with E-state index in [0.717, 1.165) is 25.3 Å². The number of hydrogen-bond acceptors (Lipinski definition) is 4. The Morgan fingerprint density at radius 3 is 2.66 bits per heavy atom. The molecule has 0 spiro atoms. The van der Waals surface area contributed by atoms with Crippen molar-refractivity contribution in [3.63, 3.8) is 0 Å². The second-order valence-electron chi connectivity index (χ2n) is 6.92. The van der Waals surface area contributed by atoms with Crippen LogP contribution < -0.4 is 9.64 Å². The number of esters is 1. The van der Waals surface area contributed by atoms with Crippen LogP contribution in [0.1, 0.15) is 28.4 Å². The van der Waals surface area contributed by atoms with Crippen molar-refractivity contribution >= 4 is 23.3 Å². The van der Waals surface area contributed by atoms with E-state index in [4.69, 9.17) is 21.1 Å². The number of carbonyl (C=O) groups is 1. The maximum absolute atomic E-state index is 11.8. The number of rotatable bonds is 6. The van der Waals surface area contributed by atoms with Crippen molar-refractivity contribution in [3.05, 3.63) is 88.4 Å². The molecule has 5 heteroatoms. The SMILES string of the molecule is CCOC(=O)c1ccc(Oc2ccc3c(c2)CCN3Cc2ccccc2)c(Cl)c1. The molecule has 0 aromatic heterocycles. The predicted octanol–water partition coefficient (Wildman–Crippen LogP) is 5.87. The molecular formula is C24H22ClNO3. The Hall–Kier alpha value is -2.98. The van der Waals surface area contributed by atoms with Crippen molar-refractivity contribution in [1.29, 1.82) is 0 Å². The maximum atomic E-state index is 11.8. The van der Waals surface area contributed by atoms with Crippen LogP contribution in [0.25, 0.3) is 0 Å². The summed E-state index contributed by atoms with van der Waals surface area (Å²) in [4.78, 5) is 14.2. The Kier molecular flexibility index (Phi) is 5.72. The van der Waals surface area contributed by atoms with Gasteiger partial charge in [-0.3, -0.25) is 0 Å². The molecule has 0 aliphatic carbocycles. The van der Waals surface area contributed by atoms with Crippen LogP contribution in [-0.2, 0) is 17.7 Å². The Balaban J connectivity index is 1.48. The molecule has 1 heterocycles. The molecule has 4 nitrogen and oxygen atoms in total. The fourth-order valence-corrected chi connectivity index (χ4v) is 3.75. The monoisotopic (exact) mass is 407 g/mol. The standard InChI is InChI=1S/C24H22ClNO3/c1-2-28-24(27)19-8-11-23(21(25)15-19)29-20-9-10-22-18(14-20)12-13-26(22)16-17-6-4-3-5-7-17/h3-11,14-15H,2,12-13,16H2,1H3. The first-order valence-corrected chi connectivity index (χ1v) is 10.1. The van der Waals surface area contributed by atoms with Crippen LogP contribution in [-0.4, -0.2) is 19.1 Å². The number of nitrogens with zero attached hydrogens (tertiary/aromatic N) is 1. The highest BCUT2D eigenvalue weighted by molar-refractivity contribution is 6.32. The van der Waals surface area contributed by atoms with E-state index in [1.54, 1.807) is 25.1 Å². The average Bonchev–Trinajstić information content (AvgIpc) is 3.12. The smallest absolute Gasteiger partial charge is 0.338 e. The third kappa shape index (κ3) is 4.38. The Morgan fingerprint density at radius 1 is 1.07 bits per heavy atom. The molecule has 1 aliphatic rings. The van der Waals surface area contributed by atoms with Gasteiger partial charge in [-0.2, -0.15) is 0 Å². The van der Waals surface area contributed by atoms with Gasteiger partial charge in [-0.1, -0.05) is 41.9 Å². The van der Waals surface area contributed by atoms with Gasteiger partial charge in [-0.15, -0.1) is 0 Å². The van der Waals surface area contributed by atoms with Crippen LogP contribution in [0.4, 0.5) is 5.69 Å². The minimum Gasteiger partial charge on any atom is -0.462 e. The summed E-state index contributed by atoms with van der Waals surface area (Å²) < 4.78 is 11.0. The lowest BCUT2D eigenvalue weighted by Gasteiger charge is -2.19. The molecule has 148 valence electrons. The van der Waals surface area contributed by atoms with E-state index in [0.29, 0.717) is 22.9 Å². The van der Waals surface area contributed by atoms with Crippen molar-refractivity contribution in [2.24, 2.45) is 0 Å². The number of halogens is 1. The zero-order valence-electron chi connectivity index (χ0n) is 16.2.